The summed E-state index contributed by atoms with van der Waals surface area (Å²) in [5.41, 5.74) is 3.64. The molecule has 30 heavy (non-hydrogen) atoms. The highest BCUT2D eigenvalue weighted by molar-refractivity contribution is 5.93. The topological polar surface area (TPSA) is 73.5 Å². The molecule has 1 saturated heterocycles. The van der Waals surface area contributed by atoms with Gasteiger partial charge in [0.15, 0.2) is 0 Å². The first-order chi connectivity index (χ1) is 14.5. The van der Waals surface area contributed by atoms with E-state index in [2.05, 4.69) is 26.9 Å². The van der Waals surface area contributed by atoms with E-state index in [1.165, 1.54) is 25.7 Å². The molecule has 3 N–H and O–H groups in total. The molecule has 3 amide bonds. The Hall–Kier alpha value is -3.02. The number of nitrogens with one attached hydrogen (secondary N) is 3. The largest absolute Gasteiger partial charge is 0.370 e. The number of carbonyl (C=O) groups excluding carboxylic acids is 2. The van der Waals surface area contributed by atoms with Crippen LogP contribution in [0.1, 0.15) is 45.1 Å². The van der Waals surface area contributed by atoms with Crippen LogP contribution < -0.4 is 20.9 Å². The summed E-state index contributed by atoms with van der Waals surface area (Å²) in [5, 5.41) is 8.78. The van der Waals surface area contributed by atoms with Crippen LogP contribution in [0.3, 0.4) is 0 Å². The summed E-state index contributed by atoms with van der Waals surface area (Å²) >= 11 is 0. The number of nitrogens with zero attached hydrogens (tertiary/aromatic N) is 1. The molecule has 0 aromatic heterocycles. The van der Waals surface area contributed by atoms with E-state index in [0.717, 1.165) is 35.7 Å². The lowest BCUT2D eigenvalue weighted by molar-refractivity contribution is -0.118. The third-order valence-electron chi connectivity index (χ3n) is 5.30. The molecular formula is C24H32N4O2. The van der Waals surface area contributed by atoms with Crippen molar-refractivity contribution in [1.82, 2.24) is 5.32 Å². The molecule has 1 heterocycles. The van der Waals surface area contributed by atoms with Crippen LogP contribution >= 0.6 is 0 Å². The number of rotatable bonds is 6. The van der Waals surface area contributed by atoms with Gasteiger partial charge in [0.1, 0.15) is 0 Å². The van der Waals surface area contributed by atoms with Gasteiger partial charge in [-0.05, 0) is 42.7 Å². The third kappa shape index (κ3) is 6.24. The van der Waals surface area contributed by atoms with Crippen molar-refractivity contribution in [3.8, 4) is 0 Å². The van der Waals surface area contributed by atoms with Crippen molar-refractivity contribution < 1.29 is 9.59 Å². The molecule has 160 valence electrons. The Morgan fingerprint density at radius 3 is 2.23 bits per heavy atom. The van der Waals surface area contributed by atoms with Crippen molar-refractivity contribution in [2.24, 2.45) is 5.92 Å². The van der Waals surface area contributed by atoms with E-state index >= 15 is 0 Å². The van der Waals surface area contributed by atoms with E-state index in [0.29, 0.717) is 6.54 Å². The monoisotopic (exact) mass is 408 g/mol. The molecule has 0 spiro atoms. The quantitative estimate of drug-likeness (QED) is 0.631. The average Bonchev–Trinajstić information content (AvgIpc) is 3.03. The summed E-state index contributed by atoms with van der Waals surface area (Å²) in [5.74, 6) is -0.0736. The van der Waals surface area contributed by atoms with Gasteiger partial charge < -0.3 is 20.9 Å². The predicted molar refractivity (Wildman–Crippen MR) is 123 cm³/mol. The van der Waals surface area contributed by atoms with Crippen LogP contribution in [0, 0.1) is 5.92 Å². The zero-order valence-corrected chi connectivity index (χ0v) is 17.9. The third-order valence-corrected chi connectivity index (χ3v) is 5.30. The summed E-state index contributed by atoms with van der Waals surface area (Å²) in [4.78, 5) is 26.6. The van der Waals surface area contributed by atoms with Crippen LogP contribution in [0.5, 0.6) is 0 Å². The lowest BCUT2D eigenvalue weighted by Gasteiger charge is -2.25. The zero-order valence-electron chi connectivity index (χ0n) is 17.9. The predicted octanol–water partition coefficient (Wildman–Crippen LogP) is 4.98. The number of para-hydroxylation sites is 2. The SMILES string of the molecule is CC(C)C(=O)Nc1ccc(CNC(=O)Nc2ccccc2N2CCCCCC2)cc1. The van der Waals surface area contributed by atoms with Crippen LogP contribution in [0.25, 0.3) is 0 Å². The van der Waals surface area contributed by atoms with Crippen LogP contribution in [0.2, 0.25) is 0 Å². The van der Waals surface area contributed by atoms with E-state index in [9.17, 15) is 9.59 Å². The minimum atomic E-state index is -0.227. The molecule has 0 radical (unpaired) electrons. The van der Waals surface area contributed by atoms with Gasteiger partial charge in [-0.15, -0.1) is 0 Å². The second-order valence-corrected chi connectivity index (χ2v) is 8.07. The van der Waals surface area contributed by atoms with E-state index in [-0.39, 0.29) is 17.9 Å². The second-order valence-electron chi connectivity index (χ2n) is 8.07. The van der Waals surface area contributed by atoms with Crippen molar-refractivity contribution in [3.05, 3.63) is 54.1 Å². The van der Waals surface area contributed by atoms with Gasteiger partial charge in [0, 0.05) is 31.2 Å². The number of hydrogen-bond donors (Lipinski definition) is 3. The van der Waals surface area contributed by atoms with E-state index < -0.39 is 0 Å². The summed E-state index contributed by atoms with van der Waals surface area (Å²) < 4.78 is 0. The molecule has 6 nitrogen and oxygen atoms in total. The molecular weight excluding hydrogens is 376 g/mol. The number of benzene rings is 2. The fourth-order valence-electron chi connectivity index (χ4n) is 3.51. The van der Waals surface area contributed by atoms with Crippen molar-refractivity contribution in [3.63, 3.8) is 0 Å². The van der Waals surface area contributed by atoms with Gasteiger partial charge in [-0.2, -0.15) is 0 Å². The molecule has 0 bridgehead atoms. The van der Waals surface area contributed by atoms with Crippen molar-refractivity contribution in [2.45, 2.75) is 46.1 Å². The molecule has 1 fully saturated rings. The maximum absolute atomic E-state index is 12.5. The maximum Gasteiger partial charge on any atom is 0.319 e. The van der Waals surface area contributed by atoms with Crippen LogP contribution in [0.15, 0.2) is 48.5 Å². The molecule has 1 aliphatic heterocycles. The Bertz CT molecular complexity index is 841. The summed E-state index contributed by atoms with van der Waals surface area (Å²) in [7, 11) is 0. The zero-order chi connectivity index (χ0) is 21.3. The molecule has 0 aliphatic carbocycles. The van der Waals surface area contributed by atoms with E-state index in [4.69, 9.17) is 0 Å². The van der Waals surface area contributed by atoms with Crippen molar-refractivity contribution >= 4 is 29.0 Å². The molecule has 0 unspecified atom stereocenters. The number of hydrogen-bond acceptors (Lipinski definition) is 3. The van der Waals surface area contributed by atoms with Crippen molar-refractivity contribution in [2.75, 3.05) is 28.6 Å². The van der Waals surface area contributed by atoms with Crippen LogP contribution in [-0.4, -0.2) is 25.0 Å². The number of amides is 3. The molecule has 3 rings (SSSR count). The summed E-state index contributed by atoms with van der Waals surface area (Å²) in [6, 6.07) is 15.3. The average molecular weight is 409 g/mol. The molecule has 1 aliphatic rings. The Balaban J connectivity index is 1.54. The van der Waals surface area contributed by atoms with Crippen LogP contribution in [0.4, 0.5) is 21.9 Å². The fourth-order valence-corrected chi connectivity index (χ4v) is 3.51. The first-order valence-corrected chi connectivity index (χ1v) is 10.8. The van der Waals surface area contributed by atoms with Gasteiger partial charge >= 0.3 is 6.03 Å². The van der Waals surface area contributed by atoms with Gasteiger partial charge in [0.25, 0.3) is 0 Å². The number of anilines is 3. The van der Waals surface area contributed by atoms with Gasteiger partial charge in [-0.1, -0.05) is 51.0 Å². The second kappa shape index (κ2) is 10.7. The normalized spacial score (nSPS) is 14.2. The highest BCUT2D eigenvalue weighted by atomic mass is 16.2. The van der Waals surface area contributed by atoms with Gasteiger partial charge in [0.2, 0.25) is 5.91 Å². The number of carbonyl (C=O) groups is 2. The lowest BCUT2D eigenvalue weighted by atomic mass is 10.1. The Labute approximate surface area is 179 Å². The molecule has 0 saturated carbocycles. The molecule has 6 heteroatoms. The number of urea groups is 1. The smallest absolute Gasteiger partial charge is 0.319 e. The molecule has 2 aromatic carbocycles. The highest BCUT2D eigenvalue weighted by Crippen LogP contribution is 2.27. The first-order valence-electron chi connectivity index (χ1n) is 10.8. The van der Waals surface area contributed by atoms with Crippen molar-refractivity contribution in [1.29, 1.82) is 0 Å². The lowest BCUT2D eigenvalue weighted by Crippen LogP contribution is -2.30. The maximum atomic E-state index is 12.5. The van der Waals surface area contributed by atoms with Gasteiger partial charge in [0.05, 0.1) is 11.4 Å². The summed E-state index contributed by atoms with van der Waals surface area (Å²) in [6.07, 6.45) is 4.92. The van der Waals surface area contributed by atoms with Crippen LogP contribution in [-0.2, 0) is 11.3 Å². The Morgan fingerprint density at radius 2 is 1.57 bits per heavy atom. The fraction of sp³-hybridized carbons (Fsp3) is 0.417. The molecule has 0 atom stereocenters. The summed E-state index contributed by atoms with van der Waals surface area (Å²) in [6.45, 7) is 6.19. The molecule has 2 aromatic rings. The van der Waals surface area contributed by atoms with E-state index in [1.807, 2.05) is 56.3 Å². The van der Waals surface area contributed by atoms with Gasteiger partial charge in [-0.3, -0.25) is 4.79 Å². The Morgan fingerprint density at radius 1 is 0.900 bits per heavy atom. The first kappa shape index (κ1) is 21.7. The minimum Gasteiger partial charge on any atom is -0.370 e. The van der Waals surface area contributed by atoms with E-state index in [1.54, 1.807) is 0 Å². The standard InChI is InChI=1S/C24H32N4O2/c1-18(2)23(29)26-20-13-11-19(12-14-20)17-25-24(30)27-21-9-5-6-10-22(21)28-15-7-3-4-8-16-28/h5-6,9-14,18H,3-4,7-8,15-17H2,1-2H3,(H,26,29)(H2,25,27,30). The Kier molecular flexibility index (Phi) is 7.71. The highest BCUT2D eigenvalue weighted by Gasteiger charge is 2.14. The van der Waals surface area contributed by atoms with Gasteiger partial charge in [-0.25, -0.2) is 4.79 Å². The minimum absolute atomic E-state index is 0.0108.